The Hall–Kier alpha value is -1.63. The average molecular weight is 299 g/mol. The second kappa shape index (κ2) is 9.33. The fraction of sp³-hybridized carbons (Fsp3) is 0.786. The van der Waals surface area contributed by atoms with Gasteiger partial charge in [-0.15, -0.1) is 0 Å². The molecule has 7 heteroatoms. The van der Waals surface area contributed by atoms with Crippen molar-refractivity contribution in [3.63, 3.8) is 0 Å². The Bertz CT molecular complexity index is 373. The molecule has 0 aliphatic carbocycles. The molecule has 0 saturated carbocycles. The number of piperidine rings is 1. The summed E-state index contributed by atoms with van der Waals surface area (Å²) in [6, 6.07) is 0. The number of carbonyl (C=O) groups excluding carboxylic acids is 3. The van der Waals surface area contributed by atoms with E-state index in [0.29, 0.717) is 26.2 Å². The summed E-state index contributed by atoms with van der Waals surface area (Å²) in [5.74, 6) is -0.512. The van der Waals surface area contributed by atoms with Gasteiger partial charge in [-0.1, -0.05) is 0 Å². The summed E-state index contributed by atoms with van der Waals surface area (Å²) < 4.78 is 5.03. The first kappa shape index (κ1) is 17.4. The number of carbonyl (C=O) groups is 3. The lowest BCUT2D eigenvalue weighted by Crippen LogP contribution is -2.45. The van der Waals surface area contributed by atoms with Crippen LogP contribution in [-0.2, 0) is 19.1 Å². The summed E-state index contributed by atoms with van der Waals surface area (Å²) in [6.07, 6.45) is 1.71. The Kier molecular flexibility index (Phi) is 7.74. The molecule has 21 heavy (non-hydrogen) atoms. The summed E-state index contributed by atoms with van der Waals surface area (Å²) in [5.41, 5.74) is 0. The predicted octanol–water partition coefficient (Wildman–Crippen LogP) is -0.486. The van der Waals surface area contributed by atoms with E-state index in [4.69, 9.17) is 4.74 Å². The zero-order valence-corrected chi connectivity index (χ0v) is 12.8. The average Bonchev–Trinajstić information content (AvgIpc) is 2.44. The Morgan fingerprint density at radius 2 is 1.95 bits per heavy atom. The van der Waals surface area contributed by atoms with E-state index >= 15 is 0 Å². The normalized spacial score (nSPS) is 18.9. The summed E-state index contributed by atoms with van der Waals surface area (Å²) in [4.78, 5) is 36.1. The fourth-order valence-electron chi connectivity index (χ4n) is 2.35. The van der Waals surface area contributed by atoms with Gasteiger partial charge >= 0.3 is 5.97 Å². The van der Waals surface area contributed by atoms with Crippen molar-refractivity contribution < 1.29 is 19.1 Å². The van der Waals surface area contributed by atoms with E-state index < -0.39 is 0 Å². The molecule has 2 N–H and O–H groups in total. The van der Waals surface area contributed by atoms with Crippen molar-refractivity contribution in [1.29, 1.82) is 0 Å². The number of hydrogen-bond donors (Lipinski definition) is 2. The first-order valence-electron chi connectivity index (χ1n) is 7.43. The first-order valence-corrected chi connectivity index (χ1v) is 7.43. The first-order chi connectivity index (χ1) is 10.0. The van der Waals surface area contributed by atoms with E-state index in [0.717, 1.165) is 19.4 Å². The highest BCUT2D eigenvalue weighted by atomic mass is 16.5. The summed E-state index contributed by atoms with van der Waals surface area (Å²) in [7, 11) is 0. The monoisotopic (exact) mass is 299 g/mol. The van der Waals surface area contributed by atoms with E-state index in [1.165, 1.54) is 6.92 Å². The minimum Gasteiger partial charge on any atom is -0.466 e. The van der Waals surface area contributed by atoms with Crippen LogP contribution in [0.3, 0.4) is 0 Å². The molecule has 0 aromatic rings. The van der Waals surface area contributed by atoms with Gasteiger partial charge in [-0.25, -0.2) is 0 Å². The van der Waals surface area contributed by atoms with Gasteiger partial charge < -0.3 is 15.4 Å². The molecule has 7 nitrogen and oxygen atoms in total. The SMILES string of the molecule is CCOC(=O)C1CCCN(CC(=O)NCCNC(C)=O)C1. The molecule has 1 rings (SSSR count). The van der Waals surface area contributed by atoms with Crippen molar-refractivity contribution in [2.75, 3.05) is 39.3 Å². The van der Waals surface area contributed by atoms with Crippen LogP contribution in [0, 0.1) is 5.92 Å². The number of ether oxygens (including phenoxy) is 1. The summed E-state index contributed by atoms with van der Waals surface area (Å²) in [6.45, 7) is 6.11. The van der Waals surface area contributed by atoms with Crippen molar-refractivity contribution in [2.45, 2.75) is 26.7 Å². The van der Waals surface area contributed by atoms with Gasteiger partial charge in [0.15, 0.2) is 0 Å². The van der Waals surface area contributed by atoms with Gasteiger partial charge in [0, 0.05) is 26.6 Å². The maximum atomic E-state index is 11.8. The third kappa shape index (κ3) is 7.08. The van der Waals surface area contributed by atoms with Crippen molar-refractivity contribution in [3.8, 4) is 0 Å². The second-order valence-electron chi connectivity index (χ2n) is 5.16. The summed E-state index contributed by atoms with van der Waals surface area (Å²) in [5, 5.41) is 5.36. The third-order valence-electron chi connectivity index (χ3n) is 3.31. The van der Waals surface area contributed by atoms with Crippen LogP contribution in [0.4, 0.5) is 0 Å². The quantitative estimate of drug-likeness (QED) is 0.489. The molecule has 0 aromatic carbocycles. The molecule has 0 bridgehead atoms. The van der Waals surface area contributed by atoms with E-state index in [-0.39, 0.29) is 30.2 Å². The zero-order valence-electron chi connectivity index (χ0n) is 12.8. The Morgan fingerprint density at radius 1 is 1.24 bits per heavy atom. The minimum absolute atomic E-state index is 0.0927. The van der Waals surface area contributed by atoms with Gasteiger partial charge in [-0.05, 0) is 26.3 Å². The highest BCUT2D eigenvalue weighted by molar-refractivity contribution is 5.78. The lowest BCUT2D eigenvalue weighted by atomic mass is 9.98. The molecule has 1 unspecified atom stereocenters. The Morgan fingerprint density at radius 3 is 2.62 bits per heavy atom. The number of likely N-dealkylation sites (tertiary alicyclic amines) is 1. The van der Waals surface area contributed by atoms with Crippen LogP contribution in [0.2, 0.25) is 0 Å². The van der Waals surface area contributed by atoms with Crippen LogP contribution in [0.15, 0.2) is 0 Å². The highest BCUT2D eigenvalue weighted by Gasteiger charge is 2.27. The molecule has 1 fully saturated rings. The molecule has 120 valence electrons. The molecule has 1 aliphatic heterocycles. The number of esters is 1. The maximum Gasteiger partial charge on any atom is 0.310 e. The van der Waals surface area contributed by atoms with Crippen LogP contribution in [0.25, 0.3) is 0 Å². The highest BCUT2D eigenvalue weighted by Crippen LogP contribution is 2.17. The number of amides is 2. The van der Waals surface area contributed by atoms with Gasteiger partial charge in [0.2, 0.25) is 11.8 Å². The number of rotatable bonds is 7. The molecule has 0 spiro atoms. The molecule has 1 aliphatic rings. The van der Waals surface area contributed by atoms with E-state index in [1.807, 2.05) is 4.90 Å². The van der Waals surface area contributed by atoms with Gasteiger partial charge in [0.05, 0.1) is 19.1 Å². The Balaban J connectivity index is 2.25. The summed E-state index contributed by atoms with van der Waals surface area (Å²) >= 11 is 0. The van der Waals surface area contributed by atoms with Crippen molar-refractivity contribution in [2.24, 2.45) is 5.92 Å². The number of hydrogen-bond acceptors (Lipinski definition) is 5. The van der Waals surface area contributed by atoms with Crippen LogP contribution >= 0.6 is 0 Å². The van der Waals surface area contributed by atoms with Gasteiger partial charge in [-0.3, -0.25) is 19.3 Å². The zero-order chi connectivity index (χ0) is 15.7. The molecule has 1 heterocycles. The minimum atomic E-state index is -0.173. The topological polar surface area (TPSA) is 87.7 Å². The van der Waals surface area contributed by atoms with Crippen molar-refractivity contribution >= 4 is 17.8 Å². The van der Waals surface area contributed by atoms with Gasteiger partial charge in [0.1, 0.15) is 0 Å². The fourth-order valence-corrected chi connectivity index (χ4v) is 2.35. The van der Waals surface area contributed by atoms with Crippen LogP contribution in [-0.4, -0.2) is 62.0 Å². The van der Waals surface area contributed by atoms with Crippen molar-refractivity contribution in [3.05, 3.63) is 0 Å². The molecule has 1 atom stereocenters. The number of nitrogens with one attached hydrogen (secondary N) is 2. The second-order valence-corrected chi connectivity index (χ2v) is 5.16. The number of nitrogens with zero attached hydrogens (tertiary/aromatic N) is 1. The smallest absolute Gasteiger partial charge is 0.310 e. The van der Waals surface area contributed by atoms with E-state index in [1.54, 1.807) is 6.92 Å². The van der Waals surface area contributed by atoms with Gasteiger partial charge in [-0.2, -0.15) is 0 Å². The molecular formula is C14H25N3O4. The lowest BCUT2D eigenvalue weighted by Gasteiger charge is -2.30. The standard InChI is InChI=1S/C14H25N3O4/c1-3-21-14(20)12-5-4-8-17(9-12)10-13(19)16-7-6-15-11(2)18/h12H,3-10H2,1-2H3,(H,15,18)(H,16,19). The third-order valence-corrected chi connectivity index (χ3v) is 3.31. The van der Waals surface area contributed by atoms with E-state index in [9.17, 15) is 14.4 Å². The van der Waals surface area contributed by atoms with E-state index in [2.05, 4.69) is 10.6 Å². The van der Waals surface area contributed by atoms with Crippen LogP contribution in [0.1, 0.15) is 26.7 Å². The molecule has 2 amide bonds. The van der Waals surface area contributed by atoms with Crippen LogP contribution < -0.4 is 10.6 Å². The lowest BCUT2D eigenvalue weighted by molar-refractivity contribution is -0.150. The molecule has 0 radical (unpaired) electrons. The predicted molar refractivity (Wildman–Crippen MR) is 77.5 cm³/mol. The largest absolute Gasteiger partial charge is 0.466 e. The van der Waals surface area contributed by atoms with Gasteiger partial charge in [0.25, 0.3) is 0 Å². The van der Waals surface area contributed by atoms with Crippen molar-refractivity contribution in [1.82, 2.24) is 15.5 Å². The Labute approximate surface area is 125 Å². The van der Waals surface area contributed by atoms with Crippen LogP contribution in [0.5, 0.6) is 0 Å². The molecular weight excluding hydrogens is 274 g/mol. The maximum absolute atomic E-state index is 11.8. The molecule has 0 aromatic heterocycles. The molecule has 1 saturated heterocycles.